The van der Waals surface area contributed by atoms with E-state index in [1.807, 2.05) is 18.2 Å². The van der Waals surface area contributed by atoms with Gasteiger partial charge in [0.25, 0.3) is 0 Å². The van der Waals surface area contributed by atoms with Crippen molar-refractivity contribution in [3.05, 3.63) is 41.5 Å². The fourth-order valence-electron chi connectivity index (χ4n) is 2.45. The number of benzene rings is 1. The minimum Gasteiger partial charge on any atom is -0.393 e. The lowest BCUT2D eigenvalue weighted by molar-refractivity contribution is -0.127. The molecule has 1 saturated heterocycles. The molecule has 1 aromatic rings. The molecule has 0 aromatic heterocycles. The Morgan fingerprint density at radius 2 is 1.76 bits per heavy atom. The van der Waals surface area contributed by atoms with Gasteiger partial charge in [0.05, 0.1) is 6.10 Å². The Morgan fingerprint density at radius 3 is 2.29 bits per heavy atom. The van der Waals surface area contributed by atoms with Crippen LogP contribution in [0.1, 0.15) is 44.7 Å². The number of hydrogen-bond acceptors (Lipinski definition) is 2. The van der Waals surface area contributed by atoms with Gasteiger partial charge in [-0.3, -0.25) is 4.79 Å². The van der Waals surface area contributed by atoms with E-state index in [1.165, 1.54) is 5.56 Å². The van der Waals surface area contributed by atoms with Gasteiger partial charge in [0.2, 0.25) is 5.91 Å². The second-order valence-corrected chi connectivity index (χ2v) is 6.76. The highest BCUT2D eigenvalue weighted by Gasteiger charge is 2.19. The second-order valence-electron chi connectivity index (χ2n) is 6.76. The van der Waals surface area contributed by atoms with E-state index >= 15 is 0 Å². The normalized spacial score (nSPS) is 17.4. The van der Waals surface area contributed by atoms with Crippen LogP contribution in [0.25, 0.3) is 6.08 Å². The van der Waals surface area contributed by atoms with Crippen LogP contribution in [0.15, 0.2) is 30.3 Å². The number of carbonyl (C=O) groups is 1. The Hall–Kier alpha value is -1.61. The predicted molar refractivity (Wildman–Crippen MR) is 86.0 cm³/mol. The first-order chi connectivity index (χ1) is 9.86. The zero-order valence-electron chi connectivity index (χ0n) is 13.2. The van der Waals surface area contributed by atoms with Gasteiger partial charge in [-0.05, 0) is 35.5 Å². The monoisotopic (exact) mass is 287 g/mol. The number of rotatable bonds is 2. The van der Waals surface area contributed by atoms with Crippen LogP contribution in [0.3, 0.4) is 0 Å². The van der Waals surface area contributed by atoms with Crippen molar-refractivity contribution >= 4 is 12.0 Å². The molecule has 0 atom stereocenters. The maximum Gasteiger partial charge on any atom is 0.246 e. The molecule has 2 rings (SSSR count). The lowest BCUT2D eigenvalue weighted by Crippen LogP contribution is -2.39. The summed E-state index contributed by atoms with van der Waals surface area (Å²) in [5.74, 6) is 0.0294. The maximum absolute atomic E-state index is 12.1. The van der Waals surface area contributed by atoms with Gasteiger partial charge >= 0.3 is 0 Å². The zero-order valence-corrected chi connectivity index (χ0v) is 13.2. The molecule has 1 aliphatic rings. The number of hydrogen-bond donors (Lipinski definition) is 1. The lowest BCUT2D eigenvalue weighted by Gasteiger charge is -2.28. The third kappa shape index (κ3) is 4.43. The van der Waals surface area contributed by atoms with E-state index in [0.29, 0.717) is 25.9 Å². The fraction of sp³-hybridized carbons (Fsp3) is 0.500. The summed E-state index contributed by atoms with van der Waals surface area (Å²) in [5.41, 5.74) is 2.47. The highest BCUT2D eigenvalue weighted by molar-refractivity contribution is 5.91. The standard InChI is InChI=1S/C18H25NO2/c1-18(2,3)15-7-4-14(5-8-15)6-9-17(21)19-12-10-16(20)11-13-19/h4-9,16,20H,10-13H2,1-3H3/b9-6+. The summed E-state index contributed by atoms with van der Waals surface area (Å²) in [7, 11) is 0. The van der Waals surface area contributed by atoms with Gasteiger partial charge in [-0.1, -0.05) is 45.0 Å². The first-order valence-corrected chi connectivity index (χ1v) is 7.62. The Bertz CT molecular complexity index is 503. The molecule has 1 aromatic carbocycles. The van der Waals surface area contributed by atoms with Crippen molar-refractivity contribution in [2.75, 3.05) is 13.1 Å². The van der Waals surface area contributed by atoms with Crippen molar-refractivity contribution in [2.45, 2.75) is 45.1 Å². The number of aliphatic hydroxyl groups excluding tert-OH is 1. The molecule has 1 heterocycles. The molecule has 0 spiro atoms. The van der Waals surface area contributed by atoms with Crippen LogP contribution >= 0.6 is 0 Å². The van der Waals surface area contributed by atoms with E-state index in [1.54, 1.807) is 11.0 Å². The second kappa shape index (κ2) is 6.44. The van der Waals surface area contributed by atoms with Crippen molar-refractivity contribution in [1.82, 2.24) is 4.90 Å². The lowest BCUT2D eigenvalue weighted by atomic mass is 9.87. The maximum atomic E-state index is 12.1. The summed E-state index contributed by atoms with van der Waals surface area (Å²) >= 11 is 0. The van der Waals surface area contributed by atoms with Crippen molar-refractivity contribution in [1.29, 1.82) is 0 Å². The average molecular weight is 287 g/mol. The number of aliphatic hydroxyl groups is 1. The van der Waals surface area contributed by atoms with E-state index in [4.69, 9.17) is 0 Å². The van der Waals surface area contributed by atoms with E-state index in [-0.39, 0.29) is 17.4 Å². The summed E-state index contributed by atoms with van der Waals surface area (Å²) in [6.07, 6.45) is 4.60. The summed E-state index contributed by atoms with van der Waals surface area (Å²) in [5, 5.41) is 9.45. The molecule has 0 radical (unpaired) electrons. The van der Waals surface area contributed by atoms with Crippen LogP contribution < -0.4 is 0 Å². The molecule has 0 aliphatic carbocycles. The van der Waals surface area contributed by atoms with E-state index < -0.39 is 0 Å². The van der Waals surface area contributed by atoms with Crippen molar-refractivity contribution in [3.8, 4) is 0 Å². The average Bonchev–Trinajstić information content (AvgIpc) is 2.45. The molecule has 3 nitrogen and oxygen atoms in total. The molecular formula is C18H25NO2. The number of likely N-dealkylation sites (tertiary alicyclic amines) is 1. The molecule has 1 fully saturated rings. The minimum absolute atomic E-state index is 0.0294. The Kier molecular flexibility index (Phi) is 4.84. The van der Waals surface area contributed by atoms with E-state index in [0.717, 1.165) is 5.56 Å². The zero-order chi connectivity index (χ0) is 15.5. The van der Waals surface area contributed by atoms with Gasteiger partial charge in [0.15, 0.2) is 0 Å². The number of piperidine rings is 1. The van der Waals surface area contributed by atoms with Gasteiger partial charge in [-0.25, -0.2) is 0 Å². The molecule has 114 valence electrons. The smallest absolute Gasteiger partial charge is 0.246 e. The van der Waals surface area contributed by atoms with Gasteiger partial charge in [0.1, 0.15) is 0 Å². The Labute approximate surface area is 127 Å². The summed E-state index contributed by atoms with van der Waals surface area (Å²) in [4.78, 5) is 13.9. The minimum atomic E-state index is -0.247. The topological polar surface area (TPSA) is 40.5 Å². The molecule has 1 amide bonds. The van der Waals surface area contributed by atoms with Gasteiger partial charge in [0, 0.05) is 19.2 Å². The molecule has 0 unspecified atom stereocenters. The summed E-state index contributed by atoms with van der Waals surface area (Å²) < 4.78 is 0. The van der Waals surface area contributed by atoms with Crippen molar-refractivity contribution in [2.24, 2.45) is 0 Å². The van der Waals surface area contributed by atoms with Crippen LogP contribution in [0.2, 0.25) is 0 Å². The summed E-state index contributed by atoms with van der Waals surface area (Å²) in [6, 6.07) is 8.32. The predicted octanol–water partition coefficient (Wildman–Crippen LogP) is 2.98. The van der Waals surface area contributed by atoms with Crippen LogP contribution in [-0.4, -0.2) is 35.1 Å². The largest absolute Gasteiger partial charge is 0.393 e. The quantitative estimate of drug-likeness (QED) is 0.850. The Morgan fingerprint density at radius 1 is 1.19 bits per heavy atom. The van der Waals surface area contributed by atoms with Gasteiger partial charge < -0.3 is 10.0 Å². The van der Waals surface area contributed by atoms with Gasteiger partial charge in [-0.2, -0.15) is 0 Å². The fourth-order valence-corrected chi connectivity index (χ4v) is 2.45. The molecule has 1 aliphatic heterocycles. The van der Waals surface area contributed by atoms with Crippen molar-refractivity contribution < 1.29 is 9.90 Å². The number of carbonyl (C=O) groups excluding carboxylic acids is 1. The molecule has 0 saturated carbocycles. The Balaban J connectivity index is 1.96. The summed E-state index contributed by atoms with van der Waals surface area (Å²) in [6.45, 7) is 7.85. The first kappa shape index (κ1) is 15.8. The van der Waals surface area contributed by atoms with Crippen LogP contribution in [-0.2, 0) is 10.2 Å². The molecule has 3 heteroatoms. The number of amides is 1. The molecular weight excluding hydrogens is 262 g/mol. The van der Waals surface area contributed by atoms with E-state index in [9.17, 15) is 9.90 Å². The highest BCUT2D eigenvalue weighted by atomic mass is 16.3. The third-order valence-electron chi connectivity index (χ3n) is 3.97. The third-order valence-corrected chi connectivity index (χ3v) is 3.97. The SMILES string of the molecule is CC(C)(C)c1ccc(/C=C/C(=O)N2CCC(O)CC2)cc1. The first-order valence-electron chi connectivity index (χ1n) is 7.62. The van der Waals surface area contributed by atoms with Crippen LogP contribution in [0, 0.1) is 0 Å². The molecule has 21 heavy (non-hydrogen) atoms. The van der Waals surface area contributed by atoms with Gasteiger partial charge in [-0.15, -0.1) is 0 Å². The van der Waals surface area contributed by atoms with Crippen LogP contribution in [0.4, 0.5) is 0 Å². The van der Waals surface area contributed by atoms with Crippen LogP contribution in [0.5, 0.6) is 0 Å². The molecule has 0 bridgehead atoms. The number of nitrogens with zero attached hydrogens (tertiary/aromatic N) is 1. The van der Waals surface area contributed by atoms with E-state index in [2.05, 4.69) is 32.9 Å². The molecule has 1 N–H and O–H groups in total. The highest BCUT2D eigenvalue weighted by Crippen LogP contribution is 2.22. The van der Waals surface area contributed by atoms with Crippen molar-refractivity contribution in [3.63, 3.8) is 0 Å².